The van der Waals surface area contributed by atoms with E-state index in [-0.39, 0.29) is 5.41 Å². The standard InChI is InChI=1S/C34H48O/c1-3-5-7-8-27-9-11-28(12-10-27)29-13-15-30(16-14-29)31-17-19-32(20-18-31)33-21-24-34(26-35,25-22-33)23-6-4-2/h13-20,26-28,33H,3-12,21-25H2,1-2H3. The van der Waals surface area contributed by atoms with Crippen LogP contribution in [-0.2, 0) is 4.79 Å². The Hall–Kier alpha value is -1.89. The number of rotatable bonds is 11. The van der Waals surface area contributed by atoms with Crippen molar-refractivity contribution in [3.05, 3.63) is 59.7 Å². The molecule has 0 aromatic heterocycles. The molecule has 0 atom stereocenters. The molecule has 0 radical (unpaired) electrons. The van der Waals surface area contributed by atoms with E-state index in [9.17, 15) is 4.79 Å². The first-order chi connectivity index (χ1) is 17.2. The number of hydrogen-bond acceptors (Lipinski definition) is 1. The molecule has 4 rings (SSSR count). The van der Waals surface area contributed by atoms with Crippen LogP contribution in [0.3, 0.4) is 0 Å². The molecule has 2 saturated carbocycles. The SMILES string of the molecule is CCCCCC1CCC(c2ccc(-c3ccc(C4CCC(C=O)(CCCC)CC4)cc3)cc2)CC1. The second kappa shape index (κ2) is 12.9. The van der Waals surface area contributed by atoms with Gasteiger partial charge in [-0.25, -0.2) is 0 Å². The Bertz CT molecular complexity index is 877. The van der Waals surface area contributed by atoms with Gasteiger partial charge in [0.2, 0.25) is 0 Å². The fraction of sp³-hybridized carbons (Fsp3) is 0.618. The van der Waals surface area contributed by atoms with Crippen molar-refractivity contribution >= 4 is 6.29 Å². The van der Waals surface area contributed by atoms with E-state index in [0.717, 1.165) is 43.9 Å². The summed E-state index contributed by atoms with van der Waals surface area (Å²) >= 11 is 0. The first-order valence-corrected chi connectivity index (χ1v) is 14.8. The predicted octanol–water partition coefficient (Wildman–Crippen LogP) is 10.2. The Labute approximate surface area is 215 Å². The molecule has 190 valence electrons. The van der Waals surface area contributed by atoms with E-state index in [0.29, 0.717) is 5.92 Å². The highest BCUT2D eigenvalue weighted by Crippen LogP contribution is 2.45. The largest absolute Gasteiger partial charge is 0.303 e. The molecule has 2 aromatic carbocycles. The van der Waals surface area contributed by atoms with Gasteiger partial charge in [0.05, 0.1) is 0 Å². The number of aldehydes is 1. The lowest BCUT2D eigenvalue weighted by Gasteiger charge is -2.36. The van der Waals surface area contributed by atoms with Gasteiger partial charge < -0.3 is 4.79 Å². The number of hydrogen-bond donors (Lipinski definition) is 0. The number of benzene rings is 2. The van der Waals surface area contributed by atoms with Gasteiger partial charge in [-0.05, 0) is 97.8 Å². The fourth-order valence-electron chi connectivity index (χ4n) is 6.84. The molecule has 0 heterocycles. The molecule has 2 aliphatic rings. The highest BCUT2D eigenvalue weighted by Gasteiger charge is 2.34. The molecular weight excluding hydrogens is 424 g/mol. The number of unbranched alkanes of at least 4 members (excludes halogenated alkanes) is 3. The molecule has 1 heteroatoms. The zero-order valence-corrected chi connectivity index (χ0v) is 22.4. The van der Waals surface area contributed by atoms with Gasteiger partial charge in [-0.2, -0.15) is 0 Å². The van der Waals surface area contributed by atoms with E-state index >= 15 is 0 Å². The van der Waals surface area contributed by atoms with Crippen molar-refractivity contribution in [2.24, 2.45) is 11.3 Å². The quantitative estimate of drug-likeness (QED) is 0.235. The van der Waals surface area contributed by atoms with Gasteiger partial charge in [-0.15, -0.1) is 0 Å². The molecule has 2 fully saturated rings. The molecule has 0 spiro atoms. The first kappa shape index (κ1) is 26.2. The van der Waals surface area contributed by atoms with Crippen LogP contribution in [0.15, 0.2) is 48.5 Å². The van der Waals surface area contributed by atoms with Gasteiger partial charge in [0.15, 0.2) is 0 Å². The summed E-state index contributed by atoms with van der Waals surface area (Å²) < 4.78 is 0. The Kier molecular flexibility index (Phi) is 9.64. The lowest BCUT2D eigenvalue weighted by Crippen LogP contribution is -2.28. The molecular formula is C34H48O. The van der Waals surface area contributed by atoms with Crippen LogP contribution in [0.2, 0.25) is 0 Å². The third-order valence-electron chi connectivity index (χ3n) is 9.42. The minimum Gasteiger partial charge on any atom is -0.303 e. The smallest absolute Gasteiger partial charge is 0.126 e. The lowest BCUT2D eigenvalue weighted by atomic mass is 9.67. The average molecular weight is 473 g/mol. The maximum atomic E-state index is 11.8. The molecule has 35 heavy (non-hydrogen) atoms. The summed E-state index contributed by atoms with van der Waals surface area (Å²) in [5.74, 6) is 2.35. The van der Waals surface area contributed by atoms with E-state index in [1.54, 1.807) is 5.56 Å². The third kappa shape index (κ3) is 6.87. The van der Waals surface area contributed by atoms with Crippen molar-refractivity contribution < 1.29 is 4.79 Å². The van der Waals surface area contributed by atoms with Crippen LogP contribution in [0, 0.1) is 11.3 Å². The van der Waals surface area contributed by atoms with Crippen molar-refractivity contribution in [2.45, 2.75) is 122 Å². The minimum atomic E-state index is -0.0392. The molecule has 0 aliphatic heterocycles. The number of carbonyl (C=O) groups excluding carboxylic acids is 1. The van der Waals surface area contributed by atoms with Gasteiger partial charge in [0, 0.05) is 5.41 Å². The normalized spacial score (nSPS) is 27.0. The highest BCUT2D eigenvalue weighted by molar-refractivity contribution is 5.64. The topological polar surface area (TPSA) is 17.1 Å². The molecule has 1 nitrogen and oxygen atoms in total. The Morgan fingerprint density at radius 2 is 1.20 bits per heavy atom. The predicted molar refractivity (Wildman–Crippen MR) is 150 cm³/mol. The van der Waals surface area contributed by atoms with Crippen LogP contribution in [0.5, 0.6) is 0 Å². The summed E-state index contributed by atoms with van der Waals surface area (Å²) in [4.78, 5) is 11.8. The second-order valence-corrected chi connectivity index (χ2v) is 11.8. The van der Waals surface area contributed by atoms with Gasteiger partial charge in [0.25, 0.3) is 0 Å². The average Bonchev–Trinajstić information content (AvgIpc) is 2.93. The van der Waals surface area contributed by atoms with E-state index < -0.39 is 0 Å². The molecule has 0 bridgehead atoms. The highest BCUT2D eigenvalue weighted by atomic mass is 16.1. The zero-order chi connectivity index (χ0) is 24.5. The Morgan fingerprint density at radius 1 is 0.686 bits per heavy atom. The van der Waals surface area contributed by atoms with Crippen LogP contribution in [0.1, 0.15) is 133 Å². The molecule has 2 aromatic rings. The summed E-state index contributed by atoms with van der Waals surface area (Å²) in [6.45, 7) is 4.53. The van der Waals surface area contributed by atoms with Gasteiger partial charge in [-0.1, -0.05) is 101 Å². The van der Waals surface area contributed by atoms with Crippen molar-refractivity contribution in [1.82, 2.24) is 0 Å². The summed E-state index contributed by atoms with van der Waals surface area (Å²) in [7, 11) is 0. The molecule has 0 saturated heterocycles. The van der Waals surface area contributed by atoms with Crippen LogP contribution in [0.4, 0.5) is 0 Å². The number of carbonyl (C=O) groups is 1. The van der Waals surface area contributed by atoms with Crippen LogP contribution >= 0.6 is 0 Å². The maximum Gasteiger partial charge on any atom is 0.126 e. The van der Waals surface area contributed by atoms with Crippen molar-refractivity contribution in [3.63, 3.8) is 0 Å². The van der Waals surface area contributed by atoms with Gasteiger partial charge in [-0.3, -0.25) is 0 Å². The summed E-state index contributed by atoms with van der Waals surface area (Å²) in [5, 5.41) is 0. The van der Waals surface area contributed by atoms with Crippen molar-refractivity contribution in [2.75, 3.05) is 0 Å². The van der Waals surface area contributed by atoms with Gasteiger partial charge >= 0.3 is 0 Å². The van der Waals surface area contributed by atoms with Gasteiger partial charge in [0.1, 0.15) is 6.29 Å². The van der Waals surface area contributed by atoms with Crippen molar-refractivity contribution in [1.29, 1.82) is 0 Å². The van der Waals surface area contributed by atoms with E-state index in [2.05, 4.69) is 62.4 Å². The van der Waals surface area contributed by atoms with Crippen LogP contribution < -0.4 is 0 Å². The summed E-state index contributed by atoms with van der Waals surface area (Å²) in [5.41, 5.74) is 5.61. The lowest BCUT2D eigenvalue weighted by molar-refractivity contribution is -0.118. The first-order valence-electron chi connectivity index (χ1n) is 14.8. The molecule has 2 aliphatic carbocycles. The van der Waals surface area contributed by atoms with E-state index in [4.69, 9.17) is 0 Å². The fourth-order valence-corrected chi connectivity index (χ4v) is 6.84. The van der Waals surface area contributed by atoms with Crippen LogP contribution in [0.25, 0.3) is 11.1 Å². The van der Waals surface area contributed by atoms with E-state index in [1.165, 1.54) is 87.2 Å². The summed E-state index contributed by atoms with van der Waals surface area (Å²) in [6.07, 6.45) is 20.4. The molecule has 0 unspecified atom stereocenters. The second-order valence-electron chi connectivity index (χ2n) is 11.8. The minimum absolute atomic E-state index is 0.0392. The third-order valence-corrected chi connectivity index (χ3v) is 9.42. The van der Waals surface area contributed by atoms with Crippen LogP contribution in [-0.4, -0.2) is 6.29 Å². The van der Waals surface area contributed by atoms with Crippen molar-refractivity contribution in [3.8, 4) is 11.1 Å². The molecule has 0 N–H and O–H groups in total. The Morgan fingerprint density at radius 3 is 1.69 bits per heavy atom. The Balaban J connectivity index is 1.29. The zero-order valence-electron chi connectivity index (χ0n) is 22.4. The monoisotopic (exact) mass is 472 g/mol. The molecule has 0 amide bonds. The van der Waals surface area contributed by atoms with E-state index in [1.807, 2.05) is 0 Å². The summed E-state index contributed by atoms with van der Waals surface area (Å²) in [6, 6.07) is 18.8. The maximum absolute atomic E-state index is 11.8.